The van der Waals surface area contributed by atoms with Crippen molar-refractivity contribution in [3.05, 3.63) is 53.1 Å². The molecule has 0 aliphatic carbocycles. The van der Waals surface area contributed by atoms with Gasteiger partial charge in [-0.1, -0.05) is 5.16 Å². The number of nitrogens with zero attached hydrogens (tertiary/aromatic N) is 5. The first-order chi connectivity index (χ1) is 9.27. The minimum absolute atomic E-state index is 0.0705. The third kappa shape index (κ3) is 1.84. The number of fused-ring (bicyclic) bond motifs is 1. The molecule has 0 spiro atoms. The molecule has 0 aromatic carbocycles. The average Bonchev–Trinajstić information content (AvgIpc) is 2.84. The van der Waals surface area contributed by atoms with Crippen LogP contribution in [-0.4, -0.2) is 20.2 Å². The van der Waals surface area contributed by atoms with Crippen molar-refractivity contribution >= 4 is 22.5 Å². The van der Waals surface area contributed by atoms with Crippen LogP contribution in [0.1, 0.15) is 0 Å². The Morgan fingerprint density at radius 2 is 2.05 bits per heavy atom. The van der Waals surface area contributed by atoms with E-state index in [9.17, 15) is 10.1 Å². The largest absolute Gasteiger partial charge is 0.354 e. The SMILES string of the molecule is O=[N+]([O-])N(c1cccnc1)c1noc2ccncc12. The highest BCUT2D eigenvalue weighted by Crippen LogP contribution is 2.30. The average molecular weight is 257 g/mol. The van der Waals surface area contributed by atoms with E-state index in [1.54, 1.807) is 18.2 Å². The lowest BCUT2D eigenvalue weighted by Gasteiger charge is -2.09. The smallest absolute Gasteiger partial charge is 0.251 e. The molecule has 3 aromatic rings. The molecule has 0 N–H and O–H groups in total. The van der Waals surface area contributed by atoms with Crippen LogP contribution in [0.5, 0.6) is 0 Å². The van der Waals surface area contributed by atoms with Crippen LogP contribution in [0.2, 0.25) is 0 Å². The van der Waals surface area contributed by atoms with Crippen LogP contribution < -0.4 is 5.01 Å². The van der Waals surface area contributed by atoms with E-state index < -0.39 is 5.03 Å². The maximum Gasteiger partial charge on any atom is 0.251 e. The molecule has 0 radical (unpaired) electrons. The maximum atomic E-state index is 11.2. The summed E-state index contributed by atoms with van der Waals surface area (Å²) in [7, 11) is 0. The van der Waals surface area contributed by atoms with E-state index in [2.05, 4.69) is 15.1 Å². The molecule has 0 aliphatic heterocycles. The highest BCUT2D eigenvalue weighted by molar-refractivity contribution is 5.88. The molecule has 3 aromatic heterocycles. The molecule has 0 saturated carbocycles. The van der Waals surface area contributed by atoms with E-state index >= 15 is 0 Å². The van der Waals surface area contributed by atoms with Crippen molar-refractivity contribution in [1.29, 1.82) is 0 Å². The zero-order valence-corrected chi connectivity index (χ0v) is 9.50. The molecule has 3 heterocycles. The second-order valence-corrected chi connectivity index (χ2v) is 3.64. The van der Waals surface area contributed by atoms with Crippen LogP contribution in [0.4, 0.5) is 11.5 Å². The van der Waals surface area contributed by atoms with Gasteiger partial charge in [-0.3, -0.25) is 9.97 Å². The van der Waals surface area contributed by atoms with Gasteiger partial charge >= 0.3 is 0 Å². The van der Waals surface area contributed by atoms with Crippen molar-refractivity contribution in [3.63, 3.8) is 0 Å². The Hall–Kier alpha value is -3.03. The first-order valence-corrected chi connectivity index (χ1v) is 5.31. The molecule has 0 fully saturated rings. The summed E-state index contributed by atoms with van der Waals surface area (Å²) < 4.78 is 5.05. The Kier molecular flexibility index (Phi) is 2.53. The van der Waals surface area contributed by atoms with Gasteiger partial charge in [0.25, 0.3) is 5.82 Å². The standard InChI is InChI=1S/C11H7N5O3/c17-16(18)15(8-2-1-4-12-6-8)11-9-7-13-5-3-10(9)19-14-11/h1-7H. The summed E-state index contributed by atoms with van der Waals surface area (Å²) in [6, 6.07) is 4.76. The predicted molar refractivity (Wildman–Crippen MR) is 65.2 cm³/mol. The Morgan fingerprint density at radius 3 is 2.79 bits per heavy atom. The van der Waals surface area contributed by atoms with Crippen LogP contribution in [0.25, 0.3) is 11.0 Å². The minimum atomic E-state index is -0.582. The van der Waals surface area contributed by atoms with Crippen LogP contribution in [0.15, 0.2) is 47.5 Å². The Labute approximate surface area is 106 Å². The van der Waals surface area contributed by atoms with Gasteiger partial charge in [-0.15, -0.1) is 0 Å². The Balaban J connectivity index is 2.18. The Bertz CT molecular complexity index is 727. The van der Waals surface area contributed by atoms with Gasteiger partial charge < -0.3 is 4.52 Å². The summed E-state index contributed by atoms with van der Waals surface area (Å²) in [5.74, 6) is 0.0705. The quantitative estimate of drug-likeness (QED) is 0.522. The zero-order valence-electron chi connectivity index (χ0n) is 9.50. The minimum Gasteiger partial charge on any atom is -0.354 e. The van der Waals surface area contributed by atoms with Crippen molar-refractivity contribution in [3.8, 4) is 0 Å². The first-order valence-electron chi connectivity index (χ1n) is 5.31. The molecule has 3 rings (SSSR count). The summed E-state index contributed by atoms with van der Waals surface area (Å²) in [5.41, 5.74) is 0.715. The lowest BCUT2D eigenvalue weighted by Crippen LogP contribution is -2.24. The second-order valence-electron chi connectivity index (χ2n) is 3.64. The molecule has 0 bridgehead atoms. The molecule has 94 valence electrons. The number of anilines is 2. The van der Waals surface area contributed by atoms with E-state index in [0.29, 0.717) is 11.0 Å². The fourth-order valence-electron chi connectivity index (χ4n) is 1.70. The number of rotatable bonds is 3. The van der Waals surface area contributed by atoms with Gasteiger partial charge in [0.2, 0.25) is 0 Å². The van der Waals surface area contributed by atoms with Crippen LogP contribution in [0, 0.1) is 10.1 Å². The van der Waals surface area contributed by atoms with Gasteiger partial charge in [-0.25, -0.2) is 10.1 Å². The van der Waals surface area contributed by atoms with Crippen molar-refractivity contribution in [2.75, 3.05) is 5.01 Å². The van der Waals surface area contributed by atoms with E-state index in [4.69, 9.17) is 4.52 Å². The van der Waals surface area contributed by atoms with Gasteiger partial charge in [-0.2, -0.15) is 0 Å². The molecule has 0 aliphatic rings. The first kappa shape index (κ1) is 11.1. The molecule has 0 amide bonds. The van der Waals surface area contributed by atoms with E-state index in [-0.39, 0.29) is 11.5 Å². The molecule has 0 unspecified atom stereocenters. The topological polar surface area (TPSA) is 98.2 Å². The lowest BCUT2D eigenvalue weighted by atomic mass is 10.3. The van der Waals surface area contributed by atoms with Gasteiger partial charge in [0.1, 0.15) is 5.69 Å². The number of hydrogen-bond acceptors (Lipinski definition) is 6. The fourth-order valence-corrected chi connectivity index (χ4v) is 1.70. The molecule has 19 heavy (non-hydrogen) atoms. The molecular weight excluding hydrogens is 250 g/mol. The molecule has 8 nitrogen and oxygen atoms in total. The lowest BCUT2D eigenvalue weighted by molar-refractivity contribution is -0.483. The fraction of sp³-hybridized carbons (Fsp3) is 0. The number of pyridine rings is 2. The van der Waals surface area contributed by atoms with E-state index in [1.807, 2.05) is 0 Å². The normalized spacial score (nSPS) is 10.5. The van der Waals surface area contributed by atoms with Crippen LogP contribution >= 0.6 is 0 Å². The predicted octanol–water partition coefficient (Wildman–Crippen LogP) is 1.95. The summed E-state index contributed by atoms with van der Waals surface area (Å²) in [6.07, 6.45) is 5.90. The van der Waals surface area contributed by atoms with Gasteiger partial charge in [0, 0.05) is 24.7 Å². The molecular formula is C11H7N5O3. The highest BCUT2D eigenvalue weighted by atomic mass is 16.7. The third-order valence-corrected chi connectivity index (χ3v) is 2.51. The van der Waals surface area contributed by atoms with Crippen molar-refractivity contribution in [1.82, 2.24) is 15.1 Å². The van der Waals surface area contributed by atoms with Gasteiger partial charge in [0.05, 0.1) is 11.6 Å². The van der Waals surface area contributed by atoms with E-state index in [0.717, 1.165) is 5.01 Å². The number of nitro groups is 1. The Morgan fingerprint density at radius 1 is 1.21 bits per heavy atom. The molecule has 8 heteroatoms. The molecule has 0 saturated heterocycles. The number of aromatic nitrogens is 3. The van der Waals surface area contributed by atoms with Crippen LogP contribution in [-0.2, 0) is 0 Å². The monoisotopic (exact) mass is 257 g/mol. The summed E-state index contributed by atoms with van der Waals surface area (Å²) >= 11 is 0. The number of hydrazine groups is 1. The summed E-state index contributed by atoms with van der Waals surface area (Å²) in [4.78, 5) is 19.0. The number of hydrogen-bond donors (Lipinski definition) is 0. The van der Waals surface area contributed by atoms with Crippen molar-refractivity contribution < 1.29 is 9.56 Å². The van der Waals surface area contributed by atoms with Gasteiger partial charge in [0.15, 0.2) is 10.6 Å². The van der Waals surface area contributed by atoms with Crippen molar-refractivity contribution in [2.24, 2.45) is 0 Å². The summed E-state index contributed by atoms with van der Waals surface area (Å²) in [5, 5.41) is 15.7. The van der Waals surface area contributed by atoms with E-state index in [1.165, 1.54) is 24.8 Å². The highest BCUT2D eigenvalue weighted by Gasteiger charge is 2.26. The van der Waals surface area contributed by atoms with Crippen molar-refractivity contribution in [2.45, 2.75) is 0 Å². The third-order valence-electron chi connectivity index (χ3n) is 2.51. The summed E-state index contributed by atoms with van der Waals surface area (Å²) in [6.45, 7) is 0. The van der Waals surface area contributed by atoms with Gasteiger partial charge in [-0.05, 0) is 17.1 Å². The van der Waals surface area contributed by atoms with Crippen LogP contribution in [0.3, 0.4) is 0 Å². The maximum absolute atomic E-state index is 11.2. The molecule has 0 atom stereocenters. The second kappa shape index (κ2) is 4.33. The zero-order chi connectivity index (χ0) is 13.2.